The maximum atomic E-state index is 13.3. The third kappa shape index (κ3) is 3.30. The van der Waals surface area contributed by atoms with Gasteiger partial charge in [-0.1, -0.05) is 35.0 Å². The second-order valence-corrected chi connectivity index (χ2v) is 5.57. The van der Waals surface area contributed by atoms with Gasteiger partial charge in [-0.05, 0) is 31.2 Å². The molecule has 0 aliphatic carbocycles. The Labute approximate surface area is 142 Å². The highest BCUT2D eigenvalue weighted by Gasteiger charge is 2.14. The molecule has 4 aromatic rings. The van der Waals surface area contributed by atoms with Crippen molar-refractivity contribution >= 4 is 0 Å². The van der Waals surface area contributed by atoms with Gasteiger partial charge in [-0.25, -0.2) is 4.39 Å². The van der Waals surface area contributed by atoms with E-state index in [4.69, 9.17) is 8.94 Å². The zero-order valence-corrected chi connectivity index (χ0v) is 13.3. The van der Waals surface area contributed by atoms with Crippen molar-refractivity contribution in [3.05, 3.63) is 71.7 Å². The average molecular weight is 336 g/mol. The van der Waals surface area contributed by atoms with Gasteiger partial charge >= 0.3 is 0 Å². The molecule has 0 radical (unpaired) electrons. The van der Waals surface area contributed by atoms with E-state index >= 15 is 0 Å². The molecule has 2 aromatic carbocycles. The SMILES string of the molecule is Cc1ccc(-c2nnc(Cc3nc(-c4cccc(F)c4)no3)o2)cc1. The van der Waals surface area contributed by atoms with Gasteiger partial charge in [0.2, 0.25) is 23.5 Å². The number of hydrogen-bond acceptors (Lipinski definition) is 6. The Balaban J connectivity index is 1.52. The number of aryl methyl sites for hydroxylation is 1. The lowest BCUT2D eigenvalue weighted by molar-refractivity contribution is 0.374. The Morgan fingerprint density at radius 1 is 0.960 bits per heavy atom. The van der Waals surface area contributed by atoms with Crippen LogP contribution < -0.4 is 0 Å². The second-order valence-electron chi connectivity index (χ2n) is 5.57. The van der Waals surface area contributed by atoms with Crippen molar-refractivity contribution in [1.82, 2.24) is 20.3 Å². The molecule has 7 heteroatoms. The van der Waals surface area contributed by atoms with Crippen molar-refractivity contribution in [1.29, 1.82) is 0 Å². The molecule has 0 saturated heterocycles. The lowest BCUT2D eigenvalue weighted by Crippen LogP contribution is -1.89. The molecule has 0 N–H and O–H groups in total. The summed E-state index contributed by atoms with van der Waals surface area (Å²) in [6, 6.07) is 13.8. The van der Waals surface area contributed by atoms with Crippen molar-refractivity contribution < 1.29 is 13.3 Å². The number of hydrogen-bond donors (Lipinski definition) is 0. The summed E-state index contributed by atoms with van der Waals surface area (Å²) in [6.45, 7) is 2.01. The fourth-order valence-corrected chi connectivity index (χ4v) is 2.34. The van der Waals surface area contributed by atoms with Crippen molar-refractivity contribution in [2.75, 3.05) is 0 Å². The van der Waals surface area contributed by atoms with Crippen LogP contribution in [0.3, 0.4) is 0 Å². The van der Waals surface area contributed by atoms with Crippen LogP contribution in [0.5, 0.6) is 0 Å². The normalized spacial score (nSPS) is 11.0. The van der Waals surface area contributed by atoms with Gasteiger partial charge in [0, 0.05) is 11.1 Å². The largest absolute Gasteiger partial charge is 0.420 e. The summed E-state index contributed by atoms with van der Waals surface area (Å²) in [7, 11) is 0. The van der Waals surface area contributed by atoms with E-state index in [9.17, 15) is 4.39 Å². The molecule has 0 fully saturated rings. The Hall–Kier alpha value is -3.35. The fourth-order valence-electron chi connectivity index (χ4n) is 2.34. The standard InChI is InChI=1S/C18H13FN4O2/c1-11-5-7-12(8-6-11)18-22-21-16(24-18)10-15-20-17(23-25-15)13-3-2-4-14(19)9-13/h2-9H,10H2,1H3. The smallest absolute Gasteiger partial charge is 0.247 e. The van der Waals surface area contributed by atoms with Crippen LogP contribution in [0.15, 0.2) is 57.5 Å². The Morgan fingerprint density at radius 3 is 2.60 bits per heavy atom. The van der Waals surface area contributed by atoms with E-state index in [1.165, 1.54) is 12.1 Å². The zero-order valence-electron chi connectivity index (χ0n) is 13.3. The van der Waals surface area contributed by atoms with E-state index in [0.29, 0.717) is 29.1 Å². The van der Waals surface area contributed by atoms with Gasteiger partial charge in [0.1, 0.15) is 12.2 Å². The molecule has 0 aliphatic rings. The average Bonchev–Trinajstić information content (AvgIpc) is 3.26. The maximum absolute atomic E-state index is 13.3. The van der Waals surface area contributed by atoms with Crippen molar-refractivity contribution in [2.45, 2.75) is 13.3 Å². The van der Waals surface area contributed by atoms with Gasteiger partial charge in [-0.15, -0.1) is 10.2 Å². The highest BCUT2D eigenvalue weighted by Crippen LogP contribution is 2.21. The summed E-state index contributed by atoms with van der Waals surface area (Å²) in [5.74, 6) is 1.07. The van der Waals surface area contributed by atoms with Gasteiger partial charge < -0.3 is 8.94 Å². The third-order valence-electron chi connectivity index (χ3n) is 3.62. The molecule has 25 heavy (non-hydrogen) atoms. The minimum absolute atomic E-state index is 0.210. The summed E-state index contributed by atoms with van der Waals surface area (Å²) in [5.41, 5.74) is 2.54. The molecule has 124 valence electrons. The lowest BCUT2D eigenvalue weighted by atomic mass is 10.1. The molecule has 0 spiro atoms. The molecule has 0 atom stereocenters. The van der Waals surface area contributed by atoms with Crippen molar-refractivity contribution in [3.63, 3.8) is 0 Å². The highest BCUT2D eigenvalue weighted by atomic mass is 19.1. The highest BCUT2D eigenvalue weighted by molar-refractivity contribution is 5.54. The Morgan fingerprint density at radius 2 is 1.80 bits per heavy atom. The molecular weight excluding hydrogens is 323 g/mol. The minimum atomic E-state index is -0.358. The second kappa shape index (κ2) is 6.27. The minimum Gasteiger partial charge on any atom is -0.420 e. The van der Waals surface area contributed by atoms with Gasteiger partial charge in [-0.3, -0.25) is 0 Å². The van der Waals surface area contributed by atoms with Crippen LogP contribution in [0.1, 0.15) is 17.3 Å². The van der Waals surface area contributed by atoms with E-state index in [1.54, 1.807) is 12.1 Å². The number of rotatable bonds is 4. The fraction of sp³-hybridized carbons (Fsp3) is 0.111. The Kier molecular flexibility index (Phi) is 3.81. The van der Waals surface area contributed by atoms with Crippen LogP contribution in [0, 0.1) is 12.7 Å². The first-order valence-corrected chi connectivity index (χ1v) is 7.65. The molecule has 2 aromatic heterocycles. The van der Waals surface area contributed by atoms with Crippen LogP contribution >= 0.6 is 0 Å². The zero-order chi connectivity index (χ0) is 17.2. The first-order valence-electron chi connectivity index (χ1n) is 7.65. The monoisotopic (exact) mass is 336 g/mol. The van der Waals surface area contributed by atoms with Crippen LogP contribution in [-0.2, 0) is 6.42 Å². The number of nitrogens with zero attached hydrogens (tertiary/aromatic N) is 4. The van der Waals surface area contributed by atoms with Crippen molar-refractivity contribution in [3.8, 4) is 22.8 Å². The molecule has 0 unspecified atom stereocenters. The van der Waals surface area contributed by atoms with Crippen LogP contribution in [0.25, 0.3) is 22.8 Å². The summed E-state index contributed by atoms with van der Waals surface area (Å²) in [4.78, 5) is 4.24. The molecule has 0 saturated carbocycles. The van der Waals surface area contributed by atoms with E-state index < -0.39 is 0 Å². The Bertz CT molecular complexity index is 1010. The predicted molar refractivity (Wildman–Crippen MR) is 87.0 cm³/mol. The van der Waals surface area contributed by atoms with Gasteiger partial charge in [0.15, 0.2) is 0 Å². The molecule has 4 rings (SSSR count). The summed E-state index contributed by atoms with van der Waals surface area (Å²) in [6.07, 6.45) is 0.210. The molecule has 2 heterocycles. The van der Waals surface area contributed by atoms with Gasteiger partial charge in [0.25, 0.3) is 0 Å². The van der Waals surface area contributed by atoms with Crippen molar-refractivity contribution in [2.24, 2.45) is 0 Å². The van der Waals surface area contributed by atoms with E-state index in [2.05, 4.69) is 20.3 Å². The molecule has 0 amide bonds. The number of halogens is 1. The lowest BCUT2D eigenvalue weighted by Gasteiger charge is -1.95. The maximum Gasteiger partial charge on any atom is 0.247 e. The van der Waals surface area contributed by atoms with E-state index in [-0.39, 0.29) is 12.2 Å². The molecule has 0 aliphatic heterocycles. The van der Waals surface area contributed by atoms with Crippen LogP contribution in [-0.4, -0.2) is 20.3 Å². The molecule has 0 bridgehead atoms. The van der Waals surface area contributed by atoms with Crippen LogP contribution in [0.2, 0.25) is 0 Å². The summed E-state index contributed by atoms with van der Waals surface area (Å²) in [5, 5.41) is 11.9. The first kappa shape index (κ1) is 15.2. The predicted octanol–water partition coefficient (Wildman–Crippen LogP) is 3.82. The van der Waals surface area contributed by atoms with Gasteiger partial charge in [0.05, 0.1) is 0 Å². The van der Waals surface area contributed by atoms with Gasteiger partial charge in [-0.2, -0.15) is 4.98 Å². The molecule has 6 nitrogen and oxygen atoms in total. The summed E-state index contributed by atoms with van der Waals surface area (Å²) >= 11 is 0. The van der Waals surface area contributed by atoms with E-state index in [1.807, 2.05) is 31.2 Å². The number of benzene rings is 2. The van der Waals surface area contributed by atoms with E-state index in [0.717, 1.165) is 11.1 Å². The topological polar surface area (TPSA) is 77.8 Å². The summed E-state index contributed by atoms with van der Waals surface area (Å²) < 4.78 is 24.1. The molecular formula is C18H13FN4O2. The third-order valence-corrected chi connectivity index (χ3v) is 3.62. The van der Waals surface area contributed by atoms with Crippen LogP contribution in [0.4, 0.5) is 4.39 Å². The quantitative estimate of drug-likeness (QED) is 0.564. The first-order chi connectivity index (χ1) is 12.2. The number of aromatic nitrogens is 4.